The van der Waals surface area contributed by atoms with Gasteiger partial charge in [-0.25, -0.2) is 0 Å². The first-order chi connectivity index (χ1) is 4.63. The standard InChI is InChI=1S/C10H22O/c1-8(9(2,3)4)7-10(5,6)11/h8,11H,7H2,1-6H3. The third kappa shape index (κ3) is 5.25. The summed E-state index contributed by atoms with van der Waals surface area (Å²) < 4.78 is 0. The van der Waals surface area contributed by atoms with Crippen molar-refractivity contribution < 1.29 is 5.11 Å². The van der Waals surface area contributed by atoms with E-state index in [1.165, 1.54) is 0 Å². The zero-order valence-electron chi connectivity index (χ0n) is 8.73. The zero-order valence-corrected chi connectivity index (χ0v) is 8.73. The minimum absolute atomic E-state index is 0.306. The molecule has 0 aliphatic carbocycles. The summed E-state index contributed by atoms with van der Waals surface area (Å²) in [6.45, 7) is 12.6. The van der Waals surface area contributed by atoms with Crippen LogP contribution >= 0.6 is 0 Å². The zero-order chi connectivity index (χ0) is 9.28. The summed E-state index contributed by atoms with van der Waals surface area (Å²) in [6.07, 6.45) is 0.872. The molecule has 0 aromatic heterocycles. The fourth-order valence-corrected chi connectivity index (χ4v) is 1.06. The number of rotatable bonds is 2. The molecule has 0 aliphatic rings. The summed E-state index contributed by atoms with van der Waals surface area (Å²) in [4.78, 5) is 0. The van der Waals surface area contributed by atoms with Gasteiger partial charge >= 0.3 is 0 Å². The monoisotopic (exact) mass is 158 g/mol. The van der Waals surface area contributed by atoms with Gasteiger partial charge in [-0.3, -0.25) is 0 Å². The molecule has 0 aliphatic heterocycles. The molecule has 11 heavy (non-hydrogen) atoms. The van der Waals surface area contributed by atoms with Crippen molar-refractivity contribution in [3.05, 3.63) is 0 Å². The first-order valence-electron chi connectivity index (χ1n) is 4.35. The Kier molecular flexibility index (Phi) is 3.13. The number of hydrogen-bond donors (Lipinski definition) is 1. The molecule has 1 atom stereocenters. The summed E-state index contributed by atoms with van der Waals surface area (Å²) in [6, 6.07) is 0. The Hall–Kier alpha value is -0.0400. The first-order valence-corrected chi connectivity index (χ1v) is 4.35. The molecule has 0 aromatic rings. The average molecular weight is 158 g/mol. The molecule has 1 unspecified atom stereocenters. The molecule has 0 heterocycles. The van der Waals surface area contributed by atoms with Crippen LogP contribution < -0.4 is 0 Å². The smallest absolute Gasteiger partial charge is 0.0594 e. The molecule has 0 bridgehead atoms. The minimum atomic E-state index is -0.521. The normalized spacial score (nSPS) is 16.6. The van der Waals surface area contributed by atoms with E-state index < -0.39 is 5.60 Å². The lowest BCUT2D eigenvalue weighted by Gasteiger charge is -2.32. The van der Waals surface area contributed by atoms with E-state index >= 15 is 0 Å². The minimum Gasteiger partial charge on any atom is -0.390 e. The number of hydrogen-bond acceptors (Lipinski definition) is 1. The highest BCUT2D eigenvalue weighted by molar-refractivity contribution is 4.77. The fraction of sp³-hybridized carbons (Fsp3) is 1.00. The van der Waals surface area contributed by atoms with E-state index in [0.717, 1.165) is 6.42 Å². The molecule has 0 amide bonds. The fourth-order valence-electron chi connectivity index (χ4n) is 1.06. The summed E-state index contributed by atoms with van der Waals surface area (Å²) in [5.41, 5.74) is -0.216. The molecule has 0 saturated carbocycles. The van der Waals surface area contributed by atoms with Gasteiger partial charge in [-0.2, -0.15) is 0 Å². The summed E-state index contributed by atoms with van der Waals surface area (Å²) in [7, 11) is 0. The van der Waals surface area contributed by atoms with Gasteiger partial charge in [-0.15, -0.1) is 0 Å². The molecular formula is C10H22O. The predicted octanol–water partition coefficient (Wildman–Crippen LogP) is 2.83. The maximum absolute atomic E-state index is 9.55. The molecule has 1 N–H and O–H groups in total. The van der Waals surface area contributed by atoms with Crippen LogP contribution in [0.1, 0.15) is 48.0 Å². The van der Waals surface area contributed by atoms with Crippen molar-refractivity contribution in [1.29, 1.82) is 0 Å². The van der Waals surface area contributed by atoms with E-state index in [4.69, 9.17) is 0 Å². The van der Waals surface area contributed by atoms with Crippen molar-refractivity contribution in [3.8, 4) is 0 Å². The van der Waals surface area contributed by atoms with Gasteiger partial charge in [0.15, 0.2) is 0 Å². The highest BCUT2D eigenvalue weighted by Crippen LogP contribution is 2.31. The van der Waals surface area contributed by atoms with Gasteiger partial charge in [-0.1, -0.05) is 27.7 Å². The second-order valence-electron chi connectivity index (χ2n) is 5.28. The molecule has 0 spiro atoms. The van der Waals surface area contributed by atoms with E-state index in [1.54, 1.807) is 0 Å². The SMILES string of the molecule is CC(CC(C)(C)O)C(C)(C)C. The van der Waals surface area contributed by atoms with Crippen molar-refractivity contribution in [1.82, 2.24) is 0 Å². The van der Waals surface area contributed by atoms with Crippen LogP contribution in [0.2, 0.25) is 0 Å². The predicted molar refractivity (Wildman–Crippen MR) is 49.5 cm³/mol. The quantitative estimate of drug-likeness (QED) is 0.655. The lowest BCUT2D eigenvalue weighted by molar-refractivity contribution is 0.0341. The van der Waals surface area contributed by atoms with Crippen molar-refractivity contribution in [3.63, 3.8) is 0 Å². The van der Waals surface area contributed by atoms with Gasteiger partial charge < -0.3 is 5.11 Å². The Morgan fingerprint density at radius 3 is 1.55 bits per heavy atom. The molecule has 68 valence electrons. The molecule has 1 nitrogen and oxygen atoms in total. The van der Waals surface area contributed by atoms with Crippen LogP contribution in [0.15, 0.2) is 0 Å². The molecule has 0 rings (SSSR count). The van der Waals surface area contributed by atoms with Crippen LogP contribution in [0.4, 0.5) is 0 Å². The van der Waals surface area contributed by atoms with E-state index in [-0.39, 0.29) is 0 Å². The maximum atomic E-state index is 9.55. The first kappa shape index (κ1) is 11.0. The van der Waals surface area contributed by atoms with Gasteiger partial charge in [0.25, 0.3) is 0 Å². The van der Waals surface area contributed by atoms with Crippen LogP contribution in [0.3, 0.4) is 0 Å². The lowest BCUT2D eigenvalue weighted by Crippen LogP contribution is -2.28. The molecule has 0 fully saturated rings. The van der Waals surface area contributed by atoms with Gasteiger partial charge in [0.2, 0.25) is 0 Å². The van der Waals surface area contributed by atoms with Crippen molar-refractivity contribution in [2.45, 2.75) is 53.6 Å². The highest BCUT2D eigenvalue weighted by atomic mass is 16.3. The van der Waals surface area contributed by atoms with Crippen molar-refractivity contribution >= 4 is 0 Å². The van der Waals surface area contributed by atoms with Crippen LogP contribution in [0, 0.1) is 11.3 Å². The lowest BCUT2D eigenvalue weighted by atomic mass is 9.76. The van der Waals surface area contributed by atoms with Gasteiger partial charge in [0.1, 0.15) is 0 Å². The van der Waals surface area contributed by atoms with Gasteiger partial charge in [0, 0.05) is 0 Å². The van der Waals surface area contributed by atoms with Crippen LogP contribution in [0.5, 0.6) is 0 Å². The Bertz CT molecular complexity index is 114. The van der Waals surface area contributed by atoms with Crippen LogP contribution in [0.25, 0.3) is 0 Å². The summed E-state index contributed by atoms with van der Waals surface area (Å²) in [5.74, 6) is 0.558. The van der Waals surface area contributed by atoms with Gasteiger partial charge in [-0.05, 0) is 31.6 Å². The Balaban J connectivity index is 3.99. The summed E-state index contributed by atoms with van der Waals surface area (Å²) in [5, 5.41) is 9.55. The Morgan fingerprint density at radius 2 is 1.45 bits per heavy atom. The average Bonchev–Trinajstić information content (AvgIpc) is 1.56. The van der Waals surface area contributed by atoms with Crippen LogP contribution in [-0.2, 0) is 0 Å². The Labute approximate surface area is 70.8 Å². The molecule has 0 saturated heterocycles. The van der Waals surface area contributed by atoms with E-state index in [0.29, 0.717) is 11.3 Å². The van der Waals surface area contributed by atoms with Crippen molar-refractivity contribution in [2.75, 3.05) is 0 Å². The largest absolute Gasteiger partial charge is 0.390 e. The highest BCUT2D eigenvalue weighted by Gasteiger charge is 2.25. The van der Waals surface area contributed by atoms with E-state index in [1.807, 2.05) is 13.8 Å². The van der Waals surface area contributed by atoms with Crippen LogP contribution in [-0.4, -0.2) is 10.7 Å². The van der Waals surface area contributed by atoms with E-state index in [9.17, 15) is 5.11 Å². The molecular weight excluding hydrogens is 136 g/mol. The second-order valence-corrected chi connectivity index (χ2v) is 5.28. The molecule has 0 radical (unpaired) electrons. The molecule has 0 aromatic carbocycles. The molecule has 1 heteroatoms. The number of aliphatic hydroxyl groups is 1. The van der Waals surface area contributed by atoms with Crippen molar-refractivity contribution in [2.24, 2.45) is 11.3 Å². The second kappa shape index (κ2) is 3.14. The third-order valence-corrected chi connectivity index (χ3v) is 2.28. The third-order valence-electron chi connectivity index (χ3n) is 2.28. The van der Waals surface area contributed by atoms with E-state index in [2.05, 4.69) is 27.7 Å². The topological polar surface area (TPSA) is 20.2 Å². The summed E-state index contributed by atoms with van der Waals surface area (Å²) >= 11 is 0. The maximum Gasteiger partial charge on any atom is 0.0594 e. The van der Waals surface area contributed by atoms with Gasteiger partial charge in [0.05, 0.1) is 5.60 Å². The Morgan fingerprint density at radius 1 is 1.09 bits per heavy atom.